The molecule has 142 valence electrons. The number of rotatable bonds is 7. The molecule has 0 spiro atoms. The highest BCUT2D eigenvalue weighted by atomic mass is 32.2. The summed E-state index contributed by atoms with van der Waals surface area (Å²) in [5.74, 6) is -0.450. The monoisotopic (exact) mass is 379 g/mol. The third kappa shape index (κ3) is 4.81. The molecule has 2 rings (SSSR count). The zero-order chi connectivity index (χ0) is 19.5. The molecule has 0 aliphatic heterocycles. The summed E-state index contributed by atoms with van der Waals surface area (Å²) < 4.78 is 41.1. The molecule has 1 N–H and O–H groups in total. The average Bonchev–Trinajstić information content (AvgIpc) is 2.54. The van der Waals surface area contributed by atoms with Gasteiger partial charge in [-0.25, -0.2) is 17.5 Å². The highest BCUT2D eigenvalue weighted by molar-refractivity contribution is 7.89. The Bertz CT molecular complexity index is 850. The molecule has 0 radical (unpaired) electrons. The minimum absolute atomic E-state index is 0.0966. The van der Waals surface area contributed by atoms with Crippen LogP contribution in [0.2, 0.25) is 0 Å². The lowest BCUT2D eigenvalue weighted by atomic mass is 10.1. The molecule has 7 heteroatoms. The molecule has 0 aliphatic carbocycles. The van der Waals surface area contributed by atoms with Gasteiger partial charge in [-0.15, -0.1) is 0 Å². The van der Waals surface area contributed by atoms with Gasteiger partial charge in [0.25, 0.3) is 0 Å². The topological polar surface area (TPSA) is 52.7 Å². The van der Waals surface area contributed by atoms with Crippen LogP contribution in [0, 0.1) is 12.7 Å². The predicted octanol–water partition coefficient (Wildman–Crippen LogP) is 2.78. The first-order valence-electron chi connectivity index (χ1n) is 8.31. The largest absolute Gasteiger partial charge is 0.378 e. The zero-order valence-electron chi connectivity index (χ0n) is 15.8. The number of aryl methyl sites for hydroxylation is 1. The molecular formula is C19H26FN3O2S. The van der Waals surface area contributed by atoms with Crippen molar-refractivity contribution < 1.29 is 12.8 Å². The Morgan fingerprint density at radius 1 is 1.04 bits per heavy atom. The molecule has 0 heterocycles. The second-order valence-electron chi connectivity index (χ2n) is 6.73. The maximum absolute atomic E-state index is 13.2. The summed E-state index contributed by atoms with van der Waals surface area (Å²) in [6, 6.07) is 11.6. The van der Waals surface area contributed by atoms with Gasteiger partial charge in [0.05, 0.1) is 4.90 Å². The van der Waals surface area contributed by atoms with Gasteiger partial charge in [-0.05, 0) is 62.5 Å². The Balaban J connectivity index is 2.20. The van der Waals surface area contributed by atoms with Gasteiger partial charge in [-0.1, -0.05) is 12.1 Å². The molecule has 0 saturated carbocycles. The minimum atomic E-state index is -3.72. The van der Waals surface area contributed by atoms with Crippen molar-refractivity contribution in [2.75, 3.05) is 39.6 Å². The SMILES string of the molecule is Cc1cc(F)ccc1S(=O)(=O)NC[C@@H](c1ccc(N(C)C)cc1)N(C)C. The van der Waals surface area contributed by atoms with E-state index in [1.807, 2.05) is 62.3 Å². The highest BCUT2D eigenvalue weighted by Gasteiger charge is 2.21. The zero-order valence-corrected chi connectivity index (χ0v) is 16.6. The fraction of sp³-hybridized carbons (Fsp3) is 0.368. The quantitative estimate of drug-likeness (QED) is 0.804. The van der Waals surface area contributed by atoms with Crippen LogP contribution in [0.4, 0.5) is 10.1 Å². The summed E-state index contributed by atoms with van der Waals surface area (Å²) in [6.07, 6.45) is 0. The molecule has 0 aromatic heterocycles. The molecule has 0 aliphatic rings. The van der Waals surface area contributed by atoms with Gasteiger partial charge in [0.15, 0.2) is 0 Å². The molecule has 0 unspecified atom stereocenters. The van der Waals surface area contributed by atoms with Crippen LogP contribution in [0.5, 0.6) is 0 Å². The van der Waals surface area contributed by atoms with E-state index in [4.69, 9.17) is 0 Å². The van der Waals surface area contributed by atoms with Crippen molar-refractivity contribution in [3.63, 3.8) is 0 Å². The summed E-state index contributed by atoms with van der Waals surface area (Å²) in [5, 5.41) is 0. The van der Waals surface area contributed by atoms with Crippen LogP contribution in [0.25, 0.3) is 0 Å². The molecule has 1 atom stereocenters. The normalized spacial score (nSPS) is 13.0. The molecule has 26 heavy (non-hydrogen) atoms. The predicted molar refractivity (Wildman–Crippen MR) is 104 cm³/mol. The highest BCUT2D eigenvalue weighted by Crippen LogP contribution is 2.22. The van der Waals surface area contributed by atoms with Crippen molar-refractivity contribution in [3.05, 3.63) is 59.4 Å². The number of nitrogens with one attached hydrogen (secondary N) is 1. The Hall–Kier alpha value is -1.96. The van der Waals surface area contributed by atoms with E-state index in [0.717, 1.165) is 17.3 Å². The van der Waals surface area contributed by atoms with Crippen molar-refractivity contribution in [2.45, 2.75) is 17.9 Å². The number of hydrogen-bond donors (Lipinski definition) is 1. The van der Waals surface area contributed by atoms with E-state index in [1.165, 1.54) is 12.1 Å². The minimum Gasteiger partial charge on any atom is -0.378 e. The van der Waals surface area contributed by atoms with E-state index in [-0.39, 0.29) is 17.5 Å². The van der Waals surface area contributed by atoms with E-state index >= 15 is 0 Å². The Labute approximate surface area is 155 Å². The summed E-state index contributed by atoms with van der Waals surface area (Å²) in [4.78, 5) is 4.07. The molecule has 0 fully saturated rings. The van der Waals surface area contributed by atoms with Crippen molar-refractivity contribution in [3.8, 4) is 0 Å². The summed E-state index contributed by atoms with van der Waals surface area (Å²) in [7, 11) is 4.03. The maximum atomic E-state index is 13.2. The van der Waals surface area contributed by atoms with Gasteiger partial charge in [0.2, 0.25) is 10.0 Å². The summed E-state index contributed by atoms with van der Waals surface area (Å²) in [5.41, 5.74) is 2.47. The Morgan fingerprint density at radius 2 is 1.65 bits per heavy atom. The molecule has 2 aromatic rings. The van der Waals surface area contributed by atoms with Crippen molar-refractivity contribution in [1.29, 1.82) is 0 Å². The van der Waals surface area contributed by atoms with Gasteiger partial charge in [-0.3, -0.25) is 0 Å². The van der Waals surface area contributed by atoms with E-state index in [1.54, 1.807) is 6.92 Å². The number of benzene rings is 2. The average molecular weight is 380 g/mol. The molecule has 0 amide bonds. The van der Waals surface area contributed by atoms with E-state index in [9.17, 15) is 12.8 Å². The fourth-order valence-corrected chi connectivity index (χ4v) is 4.04. The van der Waals surface area contributed by atoms with Crippen LogP contribution in [0.15, 0.2) is 47.4 Å². The summed E-state index contributed by atoms with van der Waals surface area (Å²) in [6.45, 7) is 1.80. The molecular weight excluding hydrogens is 353 g/mol. The lowest BCUT2D eigenvalue weighted by Crippen LogP contribution is -2.34. The Kier molecular flexibility index (Phi) is 6.39. The smallest absolute Gasteiger partial charge is 0.240 e. The van der Waals surface area contributed by atoms with Gasteiger partial charge >= 0.3 is 0 Å². The first kappa shape index (κ1) is 20.4. The first-order chi connectivity index (χ1) is 12.1. The third-order valence-electron chi connectivity index (χ3n) is 4.31. The lowest BCUT2D eigenvalue weighted by molar-refractivity contribution is 0.299. The number of halogens is 1. The van der Waals surface area contributed by atoms with Gasteiger partial charge in [0, 0.05) is 32.4 Å². The first-order valence-corrected chi connectivity index (χ1v) is 9.79. The third-order valence-corrected chi connectivity index (χ3v) is 5.89. The number of anilines is 1. The van der Waals surface area contributed by atoms with Crippen LogP contribution in [-0.4, -0.2) is 48.1 Å². The lowest BCUT2D eigenvalue weighted by Gasteiger charge is -2.26. The molecule has 5 nitrogen and oxygen atoms in total. The van der Waals surface area contributed by atoms with Crippen LogP contribution < -0.4 is 9.62 Å². The van der Waals surface area contributed by atoms with Crippen molar-refractivity contribution in [2.24, 2.45) is 0 Å². The van der Waals surface area contributed by atoms with Crippen LogP contribution in [-0.2, 0) is 10.0 Å². The standard InChI is InChI=1S/C19H26FN3O2S/c1-14-12-16(20)8-11-19(14)26(24,25)21-13-18(23(4)5)15-6-9-17(10-7-15)22(2)3/h6-12,18,21H,13H2,1-5H3/t18-/m0/s1. The van der Waals surface area contributed by atoms with Crippen molar-refractivity contribution in [1.82, 2.24) is 9.62 Å². The second kappa shape index (κ2) is 8.16. The fourth-order valence-electron chi connectivity index (χ4n) is 2.77. The molecule has 0 saturated heterocycles. The maximum Gasteiger partial charge on any atom is 0.240 e. The van der Waals surface area contributed by atoms with Gasteiger partial charge in [0.1, 0.15) is 5.82 Å². The molecule has 0 bridgehead atoms. The second-order valence-corrected chi connectivity index (χ2v) is 8.46. The number of sulfonamides is 1. The Morgan fingerprint density at radius 3 is 2.15 bits per heavy atom. The van der Waals surface area contributed by atoms with E-state index in [2.05, 4.69) is 4.72 Å². The van der Waals surface area contributed by atoms with Gasteiger partial charge < -0.3 is 9.80 Å². The van der Waals surface area contributed by atoms with Crippen LogP contribution >= 0.6 is 0 Å². The van der Waals surface area contributed by atoms with Crippen molar-refractivity contribution >= 4 is 15.7 Å². The van der Waals surface area contributed by atoms with Crippen LogP contribution in [0.3, 0.4) is 0 Å². The van der Waals surface area contributed by atoms with E-state index in [0.29, 0.717) is 5.56 Å². The number of nitrogens with zero attached hydrogens (tertiary/aromatic N) is 2. The van der Waals surface area contributed by atoms with E-state index < -0.39 is 15.8 Å². The number of likely N-dealkylation sites (N-methyl/N-ethyl adjacent to an activating group) is 1. The van der Waals surface area contributed by atoms with Crippen LogP contribution in [0.1, 0.15) is 17.2 Å². The summed E-state index contributed by atoms with van der Waals surface area (Å²) >= 11 is 0. The van der Waals surface area contributed by atoms with Gasteiger partial charge in [-0.2, -0.15) is 0 Å². The number of hydrogen-bond acceptors (Lipinski definition) is 4. The molecule has 2 aromatic carbocycles.